The lowest BCUT2D eigenvalue weighted by atomic mass is 9.87. The van der Waals surface area contributed by atoms with Gasteiger partial charge in [-0.3, -0.25) is 9.59 Å². The van der Waals surface area contributed by atoms with Crippen LogP contribution in [-0.2, 0) is 27.2 Å². The van der Waals surface area contributed by atoms with Gasteiger partial charge in [0.25, 0.3) is 5.91 Å². The molecule has 10 heteroatoms. The van der Waals surface area contributed by atoms with Gasteiger partial charge in [-0.1, -0.05) is 6.92 Å². The molecule has 0 spiro atoms. The first-order chi connectivity index (χ1) is 16.2. The molecule has 0 bridgehead atoms. The predicted octanol–water partition coefficient (Wildman–Crippen LogP) is 3.62. The van der Waals surface area contributed by atoms with Crippen molar-refractivity contribution in [3.05, 3.63) is 64.6 Å². The van der Waals surface area contributed by atoms with Crippen LogP contribution in [0.25, 0.3) is 10.9 Å². The molecular weight excluding hydrogens is 451 g/mol. The zero-order valence-electron chi connectivity index (χ0n) is 18.3. The lowest BCUT2D eigenvalue weighted by molar-refractivity contribution is -0.126. The molecule has 1 aliphatic rings. The van der Waals surface area contributed by atoms with Crippen LogP contribution in [0, 0.1) is 23.4 Å². The van der Waals surface area contributed by atoms with E-state index < -0.39 is 54.1 Å². The van der Waals surface area contributed by atoms with E-state index in [0.29, 0.717) is 17.5 Å². The molecule has 1 aromatic heterocycles. The van der Waals surface area contributed by atoms with Crippen LogP contribution in [0.4, 0.5) is 18.9 Å². The number of halogens is 3. The summed E-state index contributed by atoms with van der Waals surface area (Å²) in [6.45, 7) is 0.966. The maximum Gasteiger partial charge on any atom is 0.338 e. The topological polar surface area (TPSA) is 100 Å². The molecule has 3 N–H and O–H groups in total. The molecule has 178 valence electrons. The first-order valence-electron chi connectivity index (χ1n) is 10.7. The number of hydrogen-bond donors (Lipinski definition) is 3. The minimum absolute atomic E-state index is 0.298. The number of ether oxygens (including phenoxy) is 1. The molecule has 0 radical (unpaired) electrons. The number of amides is 2. The standard InChI is InChI=1S/C24H22F3N3O4/c1-12-2-5-17-14(8-12)15-9-13(3-6-18(15)29-17)24(33)34-11-21(32)28-10-20(31)30-19-7-4-16(25)22(26)23(19)27/h3-4,6-7,9,12,29H,2,5,8,10-11H2,1H3,(H,28,32)(H,30,31). The molecule has 1 atom stereocenters. The molecule has 0 fully saturated rings. The molecule has 0 aliphatic heterocycles. The van der Waals surface area contributed by atoms with Gasteiger partial charge in [0.15, 0.2) is 24.1 Å². The maximum absolute atomic E-state index is 13.6. The molecule has 2 amide bonds. The maximum atomic E-state index is 13.6. The highest BCUT2D eigenvalue weighted by atomic mass is 19.2. The summed E-state index contributed by atoms with van der Waals surface area (Å²) in [6, 6.07) is 6.67. The Morgan fingerprint density at radius 2 is 1.88 bits per heavy atom. The van der Waals surface area contributed by atoms with Gasteiger partial charge in [0.2, 0.25) is 5.91 Å². The van der Waals surface area contributed by atoms with E-state index in [-0.39, 0.29) is 0 Å². The SMILES string of the molecule is CC1CCc2[nH]c3ccc(C(=O)OCC(=O)NCC(=O)Nc4ccc(F)c(F)c4F)cc3c2C1. The van der Waals surface area contributed by atoms with E-state index in [1.54, 1.807) is 18.2 Å². The van der Waals surface area contributed by atoms with Gasteiger partial charge in [-0.2, -0.15) is 0 Å². The number of benzene rings is 2. The molecular formula is C24H22F3N3O4. The van der Waals surface area contributed by atoms with Crippen molar-refractivity contribution in [2.75, 3.05) is 18.5 Å². The summed E-state index contributed by atoms with van der Waals surface area (Å²) in [5.41, 5.74) is 3.05. The summed E-state index contributed by atoms with van der Waals surface area (Å²) in [7, 11) is 0. The Morgan fingerprint density at radius 1 is 1.09 bits per heavy atom. The zero-order valence-corrected chi connectivity index (χ0v) is 18.3. The van der Waals surface area contributed by atoms with Crippen LogP contribution in [0.2, 0.25) is 0 Å². The minimum atomic E-state index is -1.72. The predicted molar refractivity (Wildman–Crippen MR) is 118 cm³/mol. The zero-order chi connectivity index (χ0) is 24.4. The van der Waals surface area contributed by atoms with Gasteiger partial charge >= 0.3 is 5.97 Å². The number of esters is 1. The lowest BCUT2D eigenvalue weighted by Gasteiger charge is -2.18. The fourth-order valence-electron chi connectivity index (χ4n) is 3.98. The fraction of sp³-hybridized carbons (Fsp3) is 0.292. The Morgan fingerprint density at radius 3 is 2.68 bits per heavy atom. The average Bonchev–Trinajstić information content (AvgIpc) is 3.18. The molecule has 3 aromatic rings. The minimum Gasteiger partial charge on any atom is -0.452 e. The van der Waals surface area contributed by atoms with Crippen LogP contribution < -0.4 is 10.6 Å². The summed E-state index contributed by atoms with van der Waals surface area (Å²) in [5, 5.41) is 5.18. The number of hydrogen-bond acceptors (Lipinski definition) is 4. The van der Waals surface area contributed by atoms with Crippen LogP contribution in [0.1, 0.15) is 35.0 Å². The molecule has 1 heterocycles. The quantitative estimate of drug-likeness (QED) is 0.376. The second kappa shape index (κ2) is 9.58. The molecule has 34 heavy (non-hydrogen) atoms. The van der Waals surface area contributed by atoms with Gasteiger partial charge in [-0.25, -0.2) is 18.0 Å². The third-order valence-corrected chi connectivity index (χ3v) is 5.76. The monoisotopic (exact) mass is 473 g/mol. The van der Waals surface area contributed by atoms with Gasteiger partial charge in [0.05, 0.1) is 17.8 Å². The van der Waals surface area contributed by atoms with Gasteiger partial charge in [0.1, 0.15) is 0 Å². The normalized spacial score (nSPS) is 15.0. The van der Waals surface area contributed by atoms with E-state index in [4.69, 9.17) is 4.74 Å². The number of aryl methyl sites for hydroxylation is 1. The number of aromatic amines is 1. The average molecular weight is 473 g/mol. The van der Waals surface area contributed by atoms with Crippen molar-refractivity contribution in [2.24, 2.45) is 5.92 Å². The van der Waals surface area contributed by atoms with Gasteiger partial charge < -0.3 is 20.4 Å². The van der Waals surface area contributed by atoms with Crippen molar-refractivity contribution in [3.63, 3.8) is 0 Å². The third-order valence-electron chi connectivity index (χ3n) is 5.76. The van der Waals surface area contributed by atoms with Crippen LogP contribution in [-0.4, -0.2) is 35.9 Å². The summed E-state index contributed by atoms with van der Waals surface area (Å²) in [5.74, 6) is -6.43. The Balaban J connectivity index is 1.30. The van der Waals surface area contributed by atoms with Crippen LogP contribution in [0.3, 0.4) is 0 Å². The molecule has 7 nitrogen and oxygen atoms in total. The number of anilines is 1. The molecule has 2 aromatic carbocycles. The number of carbonyl (C=O) groups is 3. The van der Waals surface area contributed by atoms with E-state index in [1.165, 1.54) is 11.3 Å². The van der Waals surface area contributed by atoms with Crippen molar-refractivity contribution >= 4 is 34.4 Å². The Hall–Kier alpha value is -3.82. The van der Waals surface area contributed by atoms with Crippen molar-refractivity contribution in [2.45, 2.75) is 26.2 Å². The summed E-state index contributed by atoms with van der Waals surface area (Å²) in [6.07, 6.45) is 2.99. The number of aromatic nitrogens is 1. The van der Waals surface area contributed by atoms with Crippen LogP contribution >= 0.6 is 0 Å². The second-order valence-electron chi connectivity index (χ2n) is 8.31. The summed E-state index contributed by atoms with van der Waals surface area (Å²) < 4.78 is 44.8. The number of H-pyrrole nitrogens is 1. The first kappa shape index (κ1) is 23.3. The van der Waals surface area contributed by atoms with E-state index >= 15 is 0 Å². The number of nitrogens with one attached hydrogen (secondary N) is 3. The highest BCUT2D eigenvalue weighted by Gasteiger charge is 2.21. The number of rotatable bonds is 6. The van der Waals surface area contributed by atoms with Crippen molar-refractivity contribution in [1.29, 1.82) is 0 Å². The highest BCUT2D eigenvalue weighted by Crippen LogP contribution is 2.32. The molecule has 0 saturated heterocycles. The molecule has 1 aliphatic carbocycles. The highest BCUT2D eigenvalue weighted by molar-refractivity contribution is 5.98. The van der Waals surface area contributed by atoms with Gasteiger partial charge in [-0.15, -0.1) is 0 Å². The Bertz CT molecular complexity index is 1290. The second-order valence-corrected chi connectivity index (χ2v) is 8.31. The summed E-state index contributed by atoms with van der Waals surface area (Å²) in [4.78, 5) is 39.6. The largest absolute Gasteiger partial charge is 0.452 e. The number of fused-ring (bicyclic) bond motifs is 3. The van der Waals surface area contributed by atoms with Crippen LogP contribution in [0.5, 0.6) is 0 Å². The molecule has 1 unspecified atom stereocenters. The lowest BCUT2D eigenvalue weighted by Crippen LogP contribution is -2.35. The Labute approximate surface area is 192 Å². The number of carbonyl (C=O) groups excluding carboxylic acids is 3. The van der Waals surface area contributed by atoms with E-state index in [2.05, 4.69) is 17.2 Å². The first-order valence-corrected chi connectivity index (χ1v) is 10.7. The summed E-state index contributed by atoms with van der Waals surface area (Å²) >= 11 is 0. The molecule has 4 rings (SSSR count). The van der Waals surface area contributed by atoms with Crippen molar-refractivity contribution < 1.29 is 32.3 Å². The fourth-order valence-corrected chi connectivity index (χ4v) is 3.98. The van der Waals surface area contributed by atoms with E-state index in [9.17, 15) is 27.6 Å². The van der Waals surface area contributed by atoms with Gasteiger partial charge in [0, 0.05) is 16.6 Å². The van der Waals surface area contributed by atoms with Gasteiger partial charge in [-0.05, 0) is 61.1 Å². The van der Waals surface area contributed by atoms with E-state index in [0.717, 1.165) is 36.2 Å². The van der Waals surface area contributed by atoms with Crippen LogP contribution in [0.15, 0.2) is 30.3 Å². The smallest absolute Gasteiger partial charge is 0.338 e. The van der Waals surface area contributed by atoms with Crippen molar-refractivity contribution in [1.82, 2.24) is 10.3 Å². The third kappa shape index (κ3) is 4.90. The van der Waals surface area contributed by atoms with E-state index in [1.807, 2.05) is 5.32 Å². The Kier molecular flexibility index (Phi) is 6.58. The molecule has 0 saturated carbocycles. The van der Waals surface area contributed by atoms with Crippen molar-refractivity contribution in [3.8, 4) is 0 Å².